The van der Waals surface area contributed by atoms with Crippen LogP contribution in [0.2, 0.25) is 15.1 Å². The number of nitrogens with one attached hydrogen (secondary N) is 1. The Hall–Kier alpha value is -0.160. The van der Waals surface area contributed by atoms with Crippen molar-refractivity contribution in [3.63, 3.8) is 0 Å². The SMILES string of the molecule is Clc1cc(Cl)cc(CNc2ccc(I)cc2Cl)c1. The Morgan fingerprint density at radius 3 is 2.22 bits per heavy atom. The Morgan fingerprint density at radius 1 is 0.944 bits per heavy atom. The van der Waals surface area contributed by atoms with Gasteiger partial charge in [-0.15, -0.1) is 0 Å². The van der Waals surface area contributed by atoms with Crippen molar-refractivity contribution in [3.8, 4) is 0 Å². The maximum atomic E-state index is 6.14. The van der Waals surface area contributed by atoms with Crippen LogP contribution in [0.4, 0.5) is 5.69 Å². The van der Waals surface area contributed by atoms with E-state index in [1.807, 2.05) is 30.3 Å². The highest BCUT2D eigenvalue weighted by molar-refractivity contribution is 14.1. The maximum Gasteiger partial charge on any atom is 0.0648 e. The molecule has 1 N–H and O–H groups in total. The Morgan fingerprint density at radius 2 is 1.61 bits per heavy atom. The van der Waals surface area contributed by atoms with E-state index < -0.39 is 0 Å². The molecule has 0 bridgehead atoms. The summed E-state index contributed by atoms with van der Waals surface area (Å²) in [4.78, 5) is 0. The van der Waals surface area contributed by atoms with Crippen LogP contribution in [0.25, 0.3) is 0 Å². The Bertz CT molecular complexity index is 552. The van der Waals surface area contributed by atoms with E-state index in [1.54, 1.807) is 6.07 Å². The highest BCUT2D eigenvalue weighted by Crippen LogP contribution is 2.25. The van der Waals surface area contributed by atoms with E-state index in [2.05, 4.69) is 27.9 Å². The van der Waals surface area contributed by atoms with Gasteiger partial charge in [-0.05, 0) is 64.6 Å². The van der Waals surface area contributed by atoms with Crippen molar-refractivity contribution in [1.29, 1.82) is 0 Å². The fourth-order valence-corrected chi connectivity index (χ4v) is 3.04. The van der Waals surface area contributed by atoms with Gasteiger partial charge in [0.15, 0.2) is 0 Å². The molecule has 0 aliphatic carbocycles. The number of benzene rings is 2. The van der Waals surface area contributed by atoms with Crippen LogP contribution >= 0.6 is 57.4 Å². The number of anilines is 1. The normalized spacial score (nSPS) is 10.4. The Labute approximate surface area is 135 Å². The molecular formula is C13H9Cl3IN. The molecule has 0 radical (unpaired) electrons. The molecule has 5 heteroatoms. The zero-order valence-electron chi connectivity index (χ0n) is 9.18. The van der Waals surface area contributed by atoms with Gasteiger partial charge < -0.3 is 5.32 Å². The number of hydrogen-bond donors (Lipinski definition) is 1. The van der Waals surface area contributed by atoms with Gasteiger partial charge in [0.2, 0.25) is 0 Å². The number of hydrogen-bond acceptors (Lipinski definition) is 1. The Balaban J connectivity index is 2.11. The third kappa shape index (κ3) is 3.92. The topological polar surface area (TPSA) is 12.0 Å². The van der Waals surface area contributed by atoms with Crippen LogP contribution in [0, 0.1) is 3.57 Å². The second kappa shape index (κ2) is 6.33. The molecule has 0 aliphatic heterocycles. The monoisotopic (exact) mass is 411 g/mol. The van der Waals surface area contributed by atoms with Gasteiger partial charge in [-0.3, -0.25) is 0 Å². The van der Waals surface area contributed by atoms with Crippen molar-refractivity contribution in [3.05, 3.63) is 60.6 Å². The number of rotatable bonds is 3. The zero-order chi connectivity index (χ0) is 13.1. The van der Waals surface area contributed by atoms with Gasteiger partial charge in [-0.1, -0.05) is 34.8 Å². The molecule has 0 aliphatic rings. The summed E-state index contributed by atoms with van der Waals surface area (Å²) in [6, 6.07) is 11.3. The fraction of sp³-hybridized carbons (Fsp3) is 0.0769. The van der Waals surface area contributed by atoms with Gasteiger partial charge >= 0.3 is 0 Å². The second-order valence-electron chi connectivity index (χ2n) is 3.76. The van der Waals surface area contributed by atoms with E-state index >= 15 is 0 Å². The predicted octanol–water partition coefficient (Wildman–Crippen LogP) is 5.86. The van der Waals surface area contributed by atoms with E-state index in [0.717, 1.165) is 14.8 Å². The van der Waals surface area contributed by atoms with Crippen molar-refractivity contribution >= 4 is 63.1 Å². The van der Waals surface area contributed by atoms with Gasteiger partial charge in [-0.25, -0.2) is 0 Å². The highest BCUT2D eigenvalue weighted by atomic mass is 127. The molecule has 2 rings (SSSR count). The van der Waals surface area contributed by atoms with E-state index in [1.165, 1.54) is 0 Å². The fourth-order valence-electron chi connectivity index (χ4n) is 1.54. The summed E-state index contributed by atoms with van der Waals surface area (Å²) in [5.74, 6) is 0. The molecule has 0 amide bonds. The lowest BCUT2D eigenvalue weighted by atomic mass is 10.2. The molecule has 0 aromatic heterocycles. The molecule has 18 heavy (non-hydrogen) atoms. The lowest BCUT2D eigenvalue weighted by Gasteiger charge is -2.09. The minimum absolute atomic E-state index is 0.626. The molecule has 94 valence electrons. The van der Waals surface area contributed by atoms with Gasteiger partial charge in [0.25, 0.3) is 0 Å². The first-order valence-corrected chi connectivity index (χ1v) is 7.40. The molecule has 2 aromatic carbocycles. The molecule has 0 unspecified atom stereocenters. The van der Waals surface area contributed by atoms with Crippen molar-refractivity contribution in [1.82, 2.24) is 0 Å². The third-order valence-corrected chi connectivity index (χ3v) is 3.76. The highest BCUT2D eigenvalue weighted by Gasteiger charge is 2.02. The van der Waals surface area contributed by atoms with Gasteiger partial charge in [0, 0.05) is 20.2 Å². The van der Waals surface area contributed by atoms with Crippen LogP contribution < -0.4 is 5.32 Å². The van der Waals surface area contributed by atoms with Gasteiger partial charge in [-0.2, -0.15) is 0 Å². The predicted molar refractivity (Wildman–Crippen MR) is 88.0 cm³/mol. The standard InChI is InChI=1S/C13H9Cl3IN/c14-9-3-8(4-10(15)5-9)7-18-13-2-1-11(17)6-12(13)16/h1-6,18H,7H2. The van der Waals surface area contributed by atoms with Crippen molar-refractivity contribution in [2.75, 3.05) is 5.32 Å². The molecular weight excluding hydrogens is 403 g/mol. The summed E-state index contributed by atoms with van der Waals surface area (Å²) in [5.41, 5.74) is 1.91. The molecule has 1 nitrogen and oxygen atoms in total. The van der Waals surface area contributed by atoms with Gasteiger partial charge in [0.05, 0.1) is 10.7 Å². The smallest absolute Gasteiger partial charge is 0.0648 e. The van der Waals surface area contributed by atoms with Gasteiger partial charge in [0.1, 0.15) is 0 Å². The number of halogens is 4. The second-order valence-corrected chi connectivity index (χ2v) is 6.28. The van der Waals surface area contributed by atoms with E-state index in [9.17, 15) is 0 Å². The molecule has 0 heterocycles. The minimum atomic E-state index is 0.626. The largest absolute Gasteiger partial charge is 0.380 e. The molecule has 0 spiro atoms. The average Bonchev–Trinajstić information content (AvgIpc) is 2.26. The Kier molecular flexibility index (Phi) is 5.01. The molecule has 0 saturated heterocycles. The van der Waals surface area contributed by atoms with Crippen molar-refractivity contribution < 1.29 is 0 Å². The van der Waals surface area contributed by atoms with Crippen molar-refractivity contribution in [2.24, 2.45) is 0 Å². The van der Waals surface area contributed by atoms with E-state index in [0.29, 0.717) is 21.6 Å². The molecule has 0 saturated carbocycles. The lowest BCUT2D eigenvalue weighted by Crippen LogP contribution is -2.00. The maximum absolute atomic E-state index is 6.14. The van der Waals surface area contributed by atoms with Crippen LogP contribution in [0.3, 0.4) is 0 Å². The summed E-state index contributed by atoms with van der Waals surface area (Å²) in [5, 5.41) is 5.23. The summed E-state index contributed by atoms with van der Waals surface area (Å²) in [6.45, 7) is 0.626. The molecule has 2 aromatic rings. The first-order chi connectivity index (χ1) is 8.54. The van der Waals surface area contributed by atoms with Crippen LogP contribution in [0.15, 0.2) is 36.4 Å². The summed E-state index contributed by atoms with van der Waals surface area (Å²) in [7, 11) is 0. The molecule has 0 atom stereocenters. The third-order valence-electron chi connectivity index (χ3n) is 2.34. The van der Waals surface area contributed by atoms with Crippen LogP contribution in [-0.2, 0) is 6.54 Å². The van der Waals surface area contributed by atoms with E-state index in [-0.39, 0.29) is 0 Å². The van der Waals surface area contributed by atoms with Crippen LogP contribution in [0.1, 0.15) is 5.56 Å². The van der Waals surface area contributed by atoms with Crippen LogP contribution in [-0.4, -0.2) is 0 Å². The first kappa shape index (κ1) is 14.3. The summed E-state index contributed by atoms with van der Waals surface area (Å²) >= 11 is 20.3. The minimum Gasteiger partial charge on any atom is -0.380 e. The van der Waals surface area contributed by atoms with Crippen LogP contribution in [0.5, 0.6) is 0 Å². The summed E-state index contributed by atoms with van der Waals surface area (Å²) < 4.78 is 1.11. The lowest BCUT2D eigenvalue weighted by molar-refractivity contribution is 1.15. The zero-order valence-corrected chi connectivity index (χ0v) is 13.6. The summed E-state index contributed by atoms with van der Waals surface area (Å²) in [6.07, 6.45) is 0. The average molecular weight is 412 g/mol. The quantitative estimate of drug-likeness (QED) is 0.623. The van der Waals surface area contributed by atoms with E-state index in [4.69, 9.17) is 34.8 Å². The first-order valence-electron chi connectivity index (χ1n) is 5.18. The van der Waals surface area contributed by atoms with Crippen molar-refractivity contribution in [2.45, 2.75) is 6.54 Å². The molecule has 0 fully saturated rings.